The molecule has 1 atom stereocenters. The number of nitrogens with zero attached hydrogens (tertiary/aromatic N) is 2. The van der Waals surface area contributed by atoms with Gasteiger partial charge in [0.2, 0.25) is 11.7 Å². The normalized spacial score (nSPS) is 25.9. The fourth-order valence-corrected chi connectivity index (χ4v) is 3.30. The Bertz CT molecular complexity index is 457. The van der Waals surface area contributed by atoms with E-state index >= 15 is 0 Å². The zero-order chi connectivity index (χ0) is 14.2. The molecule has 5 heteroatoms. The van der Waals surface area contributed by atoms with Gasteiger partial charge in [0.15, 0.2) is 0 Å². The fourth-order valence-electron chi connectivity index (χ4n) is 3.30. The summed E-state index contributed by atoms with van der Waals surface area (Å²) in [6.07, 6.45) is 9.06. The van der Waals surface area contributed by atoms with Crippen LogP contribution in [0, 0.1) is 5.92 Å². The maximum atomic E-state index is 6.36. The molecule has 5 nitrogen and oxygen atoms in total. The number of methoxy groups -OCH3 is 1. The van der Waals surface area contributed by atoms with Gasteiger partial charge in [0.05, 0.1) is 5.54 Å². The van der Waals surface area contributed by atoms with Crippen molar-refractivity contribution in [2.45, 2.75) is 69.4 Å². The quantitative estimate of drug-likeness (QED) is 0.858. The van der Waals surface area contributed by atoms with E-state index < -0.39 is 5.54 Å². The summed E-state index contributed by atoms with van der Waals surface area (Å²) in [4.78, 5) is 4.62. The molecular weight excluding hydrogens is 254 g/mol. The number of aromatic nitrogens is 2. The molecule has 20 heavy (non-hydrogen) atoms. The second kappa shape index (κ2) is 5.11. The minimum atomic E-state index is -0.495. The van der Waals surface area contributed by atoms with E-state index in [1.807, 2.05) is 6.92 Å². The molecule has 2 aliphatic carbocycles. The van der Waals surface area contributed by atoms with Crippen molar-refractivity contribution < 1.29 is 9.26 Å². The van der Waals surface area contributed by atoms with Crippen molar-refractivity contribution in [3.8, 4) is 0 Å². The van der Waals surface area contributed by atoms with Crippen molar-refractivity contribution in [1.29, 1.82) is 0 Å². The summed E-state index contributed by atoms with van der Waals surface area (Å²) < 4.78 is 11.3. The molecule has 0 bridgehead atoms. The van der Waals surface area contributed by atoms with Gasteiger partial charge < -0.3 is 15.0 Å². The summed E-state index contributed by atoms with van der Waals surface area (Å²) in [5, 5.41) is 4.21. The first-order chi connectivity index (χ1) is 9.58. The van der Waals surface area contributed by atoms with Crippen LogP contribution in [-0.4, -0.2) is 17.3 Å². The zero-order valence-corrected chi connectivity index (χ0v) is 12.5. The molecule has 0 amide bonds. The van der Waals surface area contributed by atoms with Crippen LogP contribution in [0.25, 0.3) is 0 Å². The third kappa shape index (κ3) is 2.37. The summed E-state index contributed by atoms with van der Waals surface area (Å²) in [6.45, 7) is 1.99. The summed E-state index contributed by atoms with van der Waals surface area (Å²) in [7, 11) is 1.75. The Morgan fingerprint density at radius 1 is 1.25 bits per heavy atom. The maximum Gasteiger partial charge on any atom is 0.246 e. The molecule has 0 radical (unpaired) electrons. The predicted molar refractivity (Wildman–Crippen MR) is 75.0 cm³/mol. The number of hydrogen-bond donors (Lipinski definition) is 1. The van der Waals surface area contributed by atoms with Crippen LogP contribution in [0.4, 0.5) is 0 Å². The Hall–Kier alpha value is -0.940. The van der Waals surface area contributed by atoms with Crippen LogP contribution in [0.5, 0.6) is 0 Å². The Morgan fingerprint density at radius 2 is 1.90 bits per heavy atom. The molecule has 2 fully saturated rings. The van der Waals surface area contributed by atoms with Crippen molar-refractivity contribution in [2.24, 2.45) is 11.7 Å². The predicted octanol–water partition coefficient (Wildman–Crippen LogP) is 2.85. The molecule has 1 aromatic heterocycles. The number of rotatable bonds is 4. The van der Waals surface area contributed by atoms with E-state index in [0.717, 1.165) is 38.5 Å². The fraction of sp³-hybridized carbons (Fsp3) is 0.867. The van der Waals surface area contributed by atoms with Gasteiger partial charge in [-0.05, 0) is 38.5 Å². The molecule has 1 heterocycles. The Labute approximate surface area is 120 Å². The van der Waals surface area contributed by atoms with E-state index in [9.17, 15) is 0 Å². The second-order valence-electron chi connectivity index (χ2n) is 6.59. The largest absolute Gasteiger partial charge is 0.370 e. The lowest BCUT2D eigenvalue weighted by molar-refractivity contribution is -0.0365. The van der Waals surface area contributed by atoms with E-state index in [1.165, 1.54) is 12.8 Å². The Balaban J connectivity index is 1.87. The molecule has 2 N–H and O–H groups in total. The van der Waals surface area contributed by atoms with Crippen molar-refractivity contribution in [1.82, 2.24) is 10.1 Å². The van der Waals surface area contributed by atoms with Gasteiger partial charge in [-0.2, -0.15) is 4.98 Å². The first-order valence-electron chi connectivity index (χ1n) is 7.77. The molecule has 0 aromatic carbocycles. The summed E-state index contributed by atoms with van der Waals surface area (Å²) >= 11 is 0. The zero-order valence-electron chi connectivity index (χ0n) is 12.5. The average molecular weight is 279 g/mol. The molecule has 2 aliphatic rings. The highest BCUT2D eigenvalue weighted by Gasteiger charge is 2.45. The molecular formula is C15H25N3O2. The highest BCUT2D eigenvalue weighted by Crippen LogP contribution is 2.44. The lowest BCUT2D eigenvalue weighted by atomic mass is 9.93. The number of ether oxygens (including phenoxy) is 1. The van der Waals surface area contributed by atoms with Gasteiger partial charge in [-0.25, -0.2) is 0 Å². The molecule has 112 valence electrons. The van der Waals surface area contributed by atoms with E-state index in [4.69, 9.17) is 15.0 Å². The highest BCUT2D eigenvalue weighted by molar-refractivity contribution is 5.10. The first kappa shape index (κ1) is 14.0. The third-order valence-corrected chi connectivity index (χ3v) is 5.02. The highest BCUT2D eigenvalue weighted by atomic mass is 16.5. The van der Waals surface area contributed by atoms with Crippen LogP contribution < -0.4 is 5.73 Å². The molecule has 0 aliphatic heterocycles. The standard InChI is InChI=1S/C15H25N3O2/c1-14(16,11-7-8-11)13-17-12(18-20-13)15(19-2)9-5-3-4-6-10-15/h11H,3-10,16H2,1-2H3. The summed E-state index contributed by atoms with van der Waals surface area (Å²) in [5.74, 6) is 1.73. The average Bonchev–Trinajstić information content (AvgIpc) is 3.22. The van der Waals surface area contributed by atoms with Crippen LogP contribution >= 0.6 is 0 Å². The molecule has 2 saturated carbocycles. The summed E-state index contributed by atoms with van der Waals surface area (Å²) in [6, 6.07) is 0. The van der Waals surface area contributed by atoms with Crippen LogP contribution in [0.2, 0.25) is 0 Å². The second-order valence-corrected chi connectivity index (χ2v) is 6.59. The molecule has 1 aromatic rings. The van der Waals surface area contributed by atoms with Gasteiger partial charge in [-0.1, -0.05) is 30.8 Å². The SMILES string of the molecule is COC1(c2noc(C(C)(N)C3CC3)n2)CCCCCC1. The van der Waals surface area contributed by atoms with Crippen molar-refractivity contribution in [3.05, 3.63) is 11.7 Å². The minimum Gasteiger partial charge on any atom is -0.370 e. The van der Waals surface area contributed by atoms with Gasteiger partial charge >= 0.3 is 0 Å². The number of hydrogen-bond acceptors (Lipinski definition) is 5. The van der Waals surface area contributed by atoms with E-state index in [0.29, 0.717) is 17.6 Å². The van der Waals surface area contributed by atoms with Crippen molar-refractivity contribution in [3.63, 3.8) is 0 Å². The molecule has 0 spiro atoms. The van der Waals surface area contributed by atoms with Gasteiger partial charge in [0.25, 0.3) is 0 Å². The van der Waals surface area contributed by atoms with Gasteiger partial charge in [-0.3, -0.25) is 0 Å². The van der Waals surface area contributed by atoms with Crippen molar-refractivity contribution >= 4 is 0 Å². The van der Waals surface area contributed by atoms with Crippen LogP contribution in [0.15, 0.2) is 4.52 Å². The molecule has 1 unspecified atom stereocenters. The van der Waals surface area contributed by atoms with Gasteiger partial charge in [0.1, 0.15) is 5.60 Å². The summed E-state index contributed by atoms with van der Waals surface area (Å²) in [5.41, 5.74) is 5.49. The lowest BCUT2D eigenvalue weighted by Gasteiger charge is -2.27. The lowest BCUT2D eigenvalue weighted by Crippen LogP contribution is -2.36. The Morgan fingerprint density at radius 3 is 2.45 bits per heavy atom. The van der Waals surface area contributed by atoms with Crippen LogP contribution in [-0.2, 0) is 15.9 Å². The first-order valence-corrected chi connectivity index (χ1v) is 7.77. The van der Waals surface area contributed by atoms with Gasteiger partial charge in [0, 0.05) is 7.11 Å². The smallest absolute Gasteiger partial charge is 0.246 e. The molecule has 3 rings (SSSR count). The van der Waals surface area contributed by atoms with Crippen LogP contribution in [0.3, 0.4) is 0 Å². The van der Waals surface area contributed by atoms with Crippen LogP contribution in [0.1, 0.15) is 70.0 Å². The van der Waals surface area contributed by atoms with Gasteiger partial charge in [-0.15, -0.1) is 0 Å². The van der Waals surface area contributed by atoms with E-state index in [1.54, 1.807) is 7.11 Å². The monoisotopic (exact) mass is 279 g/mol. The maximum absolute atomic E-state index is 6.36. The van der Waals surface area contributed by atoms with Crippen molar-refractivity contribution in [2.75, 3.05) is 7.11 Å². The van der Waals surface area contributed by atoms with E-state index in [2.05, 4.69) is 10.1 Å². The van der Waals surface area contributed by atoms with E-state index in [-0.39, 0.29) is 5.60 Å². The minimum absolute atomic E-state index is 0.377. The number of nitrogens with two attached hydrogens (primary N) is 1. The topological polar surface area (TPSA) is 74.2 Å². The molecule has 0 saturated heterocycles. The third-order valence-electron chi connectivity index (χ3n) is 5.02. The Kier molecular flexibility index (Phi) is 3.58.